The molecule has 1 N–H and O–H groups in total. The minimum atomic E-state index is -4.48. The molecular formula is C27H25F3N2O2S. The molecule has 35 heavy (non-hydrogen) atoms. The van der Waals surface area contributed by atoms with Crippen molar-refractivity contribution >= 4 is 26.6 Å². The topological polar surface area (TPSA) is 51.1 Å². The van der Waals surface area contributed by atoms with Crippen LogP contribution in [0.2, 0.25) is 0 Å². The van der Waals surface area contributed by atoms with Crippen molar-refractivity contribution in [2.45, 2.75) is 49.7 Å². The quantitative estimate of drug-likeness (QED) is 0.309. The van der Waals surface area contributed by atoms with Gasteiger partial charge in [0.05, 0.1) is 21.7 Å². The highest BCUT2D eigenvalue weighted by molar-refractivity contribution is 7.92. The normalized spacial score (nSPS) is 14.5. The molecule has 1 aliphatic rings. The first-order chi connectivity index (χ1) is 16.8. The van der Waals surface area contributed by atoms with Gasteiger partial charge in [-0.25, -0.2) is 8.42 Å². The second kappa shape index (κ2) is 9.07. The van der Waals surface area contributed by atoms with Gasteiger partial charge in [0.25, 0.3) is 10.0 Å². The van der Waals surface area contributed by atoms with Crippen molar-refractivity contribution in [2.24, 2.45) is 0 Å². The molecule has 0 amide bonds. The van der Waals surface area contributed by atoms with Gasteiger partial charge in [-0.05, 0) is 61.1 Å². The van der Waals surface area contributed by atoms with Crippen LogP contribution in [0.3, 0.4) is 0 Å². The van der Waals surface area contributed by atoms with Crippen molar-refractivity contribution in [3.8, 4) is 0 Å². The van der Waals surface area contributed by atoms with E-state index in [1.165, 1.54) is 24.3 Å². The molecule has 0 bridgehead atoms. The van der Waals surface area contributed by atoms with Gasteiger partial charge in [0.2, 0.25) is 0 Å². The Hall–Kier alpha value is -3.26. The Morgan fingerprint density at radius 3 is 2.31 bits per heavy atom. The lowest BCUT2D eigenvalue weighted by atomic mass is 10.1. The van der Waals surface area contributed by atoms with Crippen LogP contribution in [0.5, 0.6) is 0 Å². The summed E-state index contributed by atoms with van der Waals surface area (Å²) in [6.45, 7) is 0.00555. The van der Waals surface area contributed by atoms with Crippen LogP contribution in [0, 0.1) is 0 Å². The van der Waals surface area contributed by atoms with Crippen molar-refractivity contribution in [2.75, 3.05) is 4.72 Å². The zero-order chi connectivity index (χ0) is 24.6. The number of nitrogens with zero attached hydrogens (tertiary/aromatic N) is 1. The summed E-state index contributed by atoms with van der Waals surface area (Å²) < 4.78 is 72.2. The second-order valence-corrected chi connectivity index (χ2v) is 10.5. The predicted octanol–water partition coefficient (Wildman–Crippen LogP) is 6.78. The van der Waals surface area contributed by atoms with Crippen molar-refractivity contribution in [3.63, 3.8) is 0 Å². The van der Waals surface area contributed by atoms with Gasteiger partial charge in [0, 0.05) is 17.6 Å². The fraction of sp³-hybridized carbons (Fsp3) is 0.259. The van der Waals surface area contributed by atoms with E-state index < -0.39 is 21.8 Å². The standard InChI is InChI=1S/C27H25F3N2O2S/c28-27(29,30)23-15-8-7-10-19(23)18-32-25-17-6-2-5-13-21(25)22-14-9-16-24(26(22)32)31-35(33,34)20-11-3-1-4-12-20/h1,3-4,7-12,14-16,31H,2,5-6,13,17-18H2. The predicted molar refractivity (Wildman–Crippen MR) is 131 cm³/mol. The molecule has 182 valence electrons. The summed E-state index contributed by atoms with van der Waals surface area (Å²) in [4.78, 5) is 0.124. The lowest BCUT2D eigenvalue weighted by Gasteiger charge is -2.18. The summed E-state index contributed by atoms with van der Waals surface area (Å²) in [7, 11) is -3.88. The number of anilines is 1. The Balaban J connectivity index is 1.70. The maximum absolute atomic E-state index is 13.8. The van der Waals surface area contributed by atoms with Crippen LogP contribution < -0.4 is 4.72 Å². The van der Waals surface area contributed by atoms with E-state index in [-0.39, 0.29) is 17.0 Å². The number of alkyl halides is 3. The molecule has 8 heteroatoms. The van der Waals surface area contributed by atoms with Gasteiger partial charge in [0.15, 0.2) is 0 Å². The lowest BCUT2D eigenvalue weighted by Crippen LogP contribution is -2.15. The fourth-order valence-electron chi connectivity index (χ4n) is 5.03. The SMILES string of the molecule is O=S(=O)(Nc1cccc2c3c(n(Cc4ccccc4C(F)(F)F)c12)CCCCC3)c1ccccc1. The minimum Gasteiger partial charge on any atom is -0.338 e. The number of nitrogens with one attached hydrogen (secondary N) is 1. The maximum atomic E-state index is 13.8. The number of halogens is 3. The smallest absolute Gasteiger partial charge is 0.338 e. The van der Waals surface area contributed by atoms with Crippen LogP contribution in [-0.2, 0) is 35.6 Å². The molecule has 0 unspecified atom stereocenters. The van der Waals surface area contributed by atoms with Crippen molar-refractivity contribution < 1.29 is 21.6 Å². The van der Waals surface area contributed by atoms with E-state index in [1.54, 1.807) is 36.4 Å². The Morgan fingerprint density at radius 1 is 0.829 bits per heavy atom. The number of hydrogen-bond acceptors (Lipinski definition) is 2. The second-order valence-electron chi connectivity index (χ2n) is 8.85. The van der Waals surface area contributed by atoms with Gasteiger partial charge >= 0.3 is 6.18 Å². The number of hydrogen-bond donors (Lipinski definition) is 1. The molecule has 5 rings (SSSR count). The molecule has 1 aliphatic carbocycles. The van der Waals surface area contributed by atoms with E-state index in [2.05, 4.69) is 4.72 Å². The average Bonchev–Trinajstić information content (AvgIpc) is 2.97. The molecule has 1 aromatic heterocycles. The lowest BCUT2D eigenvalue weighted by molar-refractivity contribution is -0.138. The molecular weight excluding hydrogens is 473 g/mol. The monoisotopic (exact) mass is 498 g/mol. The number of rotatable bonds is 5. The van der Waals surface area contributed by atoms with E-state index >= 15 is 0 Å². The number of aryl methyl sites for hydroxylation is 1. The van der Waals surface area contributed by atoms with Crippen molar-refractivity contribution in [1.29, 1.82) is 0 Å². The zero-order valence-corrected chi connectivity index (χ0v) is 19.8. The first-order valence-corrected chi connectivity index (χ1v) is 13.1. The fourth-order valence-corrected chi connectivity index (χ4v) is 6.12. The summed E-state index contributed by atoms with van der Waals surface area (Å²) in [5.41, 5.74) is 2.56. The molecule has 0 saturated heterocycles. The van der Waals surface area contributed by atoms with E-state index in [9.17, 15) is 21.6 Å². The highest BCUT2D eigenvalue weighted by Crippen LogP contribution is 2.38. The number of sulfonamides is 1. The summed E-state index contributed by atoms with van der Waals surface area (Å²) in [5.74, 6) is 0. The molecule has 3 aromatic carbocycles. The Labute approximate surface area is 202 Å². The Morgan fingerprint density at radius 2 is 1.54 bits per heavy atom. The van der Waals surface area contributed by atoms with E-state index in [0.717, 1.165) is 54.8 Å². The summed E-state index contributed by atoms with van der Waals surface area (Å²) in [6.07, 6.45) is 0.0577. The molecule has 0 atom stereocenters. The molecule has 0 radical (unpaired) electrons. The molecule has 0 fully saturated rings. The maximum Gasteiger partial charge on any atom is 0.416 e. The third-order valence-electron chi connectivity index (χ3n) is 6.59. The van der Waals surface area contributed by atoms with E-state index in [1.807, 2.05) is 10.6 Å². The van der Waals surface area contributed by atoms with E-state index in [4.69, 9.17) is 0 Å². The zero-order valence-electron chi connectivity index (χ0n) is 19.0. The summed E-state index contributed by atoms with van der Waals surface area (Å²) >= 11 is 0. The first kappa shape index (κ1) is 23.5. The molecule has 0 spiro atoms. The Bertz CT molecular complexity index is 1480. The summed E-state index contributed by atoms with van der Waals surface area (Å²) in [6, 6.07) is 19.0. The minimum absolute atomic E-state index is 0.00555. The van der Waals surface area contributed by atoms with Crippen LogP contribution in [-0.4, -0.2) is 13.0 Å². The van der Waals surface area contributed by atoms with Gasteiger partial charge in [-0.15, -0.1) is 0 Å². The third kappa shape index (κ3) is 4.55. The van der Waals surface area contributed by atoms with Gasteiger partial charge in [0.1, 0.15) is 0 Å². The van der Waals surface area contributed by atoms with Crippen LogP contribution in [0.4, 0.5) is 18.9 Å². The largest absolute Gasteiger partial charge is 0.416 e. The molecule has 4 aromatic rings. The highest BCUT2D eigenvalue weighted by atomic mass is 32.2. The Kier molecular flexibility index (Phi) is 6.09. The number of fused-ring (bicyclic) bond motifs is 3. The first-order valence-electron chi connectivity index (χ1n) is 11.6. The van der Waals surface area contributed by atoms with Gasteiger partial charge < -0.3 is 4.57 Å². The third-order valence-corrected chi connectivity index (χ3v) is 7.98. The van der Waals surface area contributed by atoms with E-state index in [0.29, 0.717) is 11.2 Å². The van der Waals surface area contributed by atoms with Crippen LogP contribution in [0.1, 0.15) is 41.6 Å². The highest BCUT2D eigenvalue weighted by Gasteiger charge is 2.33. The van der Waals surface area contributed by atoms with Gasteiger partial charge in [-0.1, -0.05) is 55.0 Å². The van der Waals surface area contributed by atoms with Crippen molar-refractivity contribution in [3.05, 3.63) is 95.2 Å². The average molecular weight is 499 g/mol. The molecule has 1 heterocycles. The van der Waals surface area contributed by atoms with Gasteiger partial charge in [-0.3, -0.25) is 4.72 Å². The van der Waals surface area contributed by atoms with Crippen LogP contribution in [0.15, 0.2) is 77.7 Å². The molecule has 4 nitrogen and oxygen atoms in total. The number of benzene rings is 3. The molecule has 0 saturated carbocycles. The summed E-state index contributed by atoms with van der Waals surface area (Å²) in [5, 5.41) is 0.889. The molecule has 0 aliphatic heterocycles. The number of aromatic nitrogens is 1. The van der Waals surface area contributed by atoms with Crippen LogP contribution in [0.25, 0.3) is 10.9 Å². The van der Waals surface area contributed by atoms with Gasteiger partial charge in [-0.2, -0.15) is 13.2 Å². The number of para-hydroxylation sites is 1. The van der Waals surface area contributed by atoms with Crippen molar-refractivity contribution in [1.82, 2.24) is 4.57 Å². The van der Waals surface area contributed by atoms with Crippen LogP contribution >= 0.6 is 0 Å².